The SMILES string of the molecule is COc1cccc(N2CCN(C(=O)C3CCN(S(=O)(=O)c4cccc5cccnc45)CC3)CC2)c1. The summed E-state index contributed by atoms with van der Waals surface area (Å²) in [4.78, 5) is 21.9. The molecular formula is C26H30N4O4S. The molecule has 0 N–H and O–H groups in total. The molecule has 0 spiro atoms. The number of pyridine rings is 1. The van der Waals surface area contributed by atoms with Crippen molar-refractivity contribution < 1.29 is 17.9 Å². The number of sulfonamides is 1. The van der Waals surface area contributed by atoms with E-state index >= 15 is 0 Å². The summed E-state index contributed by atoms with van der Waals surface area (Å²) in [7, 11) is -2.02. The molecule has 0 aliphatic carbocycles. The number of carbonyl (C=O) groups is 1. The second kappa shape index (κ2) is 9.83. The second-order valence-corrected chi connectivity index (χ2v) is 10.9. The van der Waals surface area contributed by atoms with Crippen LogP contribution >= 0.6 is 0 Å². The molecule has 0 radical (unpaired) electrons. The van der Waals surface area contributed by atoms with E-state index in [1.54, 1.807) is 31.5 Å². The van der Waals surface area contributed by atoms with Gasteiger partial charge in [-0.15, -0.1) is 0 Å². The number of rotatable bonds is 5. The molecule has 35 heavy (non-hydrogen) atoms. The Morgan fingerprint density at radius 2 is 1.66 bits per heavy atom. The number of para-hydroxylation sites is 1. The van der Waals surface area contributed by atoms with E-state index in [1.807, 2.05) is 35.2 Å². The highest BCUT2D eigenvalue weighted by atomic mass is 32.2. The van der Waals surface area contributed by atoms with E-state index < -0.39 is 10.0 Å². The third kappa shape index (κ3) is 4.70. The number of piperazine rings is 1. The van der Waals surface area contributed by atoms with Crippen LogP contribution in [-0.4, -0.2) is 74.9 Å². The topological polar surface area (TPSA) is 83.0 Å². The molecule has 3 heterocycles. The van der Waals surface area contributed by atoms with Crippen LogP contribution in [0.5, 0.6) is 5.75 Å². The largest absolute Gasteiger partial charge is 0.497 e. The van der Waals surface area contributed by atoms with Crippen molar-refractivity contribution in [2.75, 3.05) is 51.3 Å². The highest BCUT2D eigenvalue weighted by Crippen LogP contribution is 2.29. The fraction of sp³-hybridized carbons (Fsp3) is 0.385. The monoisotopic (exact) mass is 494 g/mol. The minimum atomic E-state index is -3.68. The lowest BCUT2D eigenvalue weighted by Gasteiger charge is -2.39. The molecule has 1 amide bonds. The van der Waals surface area contributed by atoms with E-state index in [9.17, 15) is 13.2 Å². The van der Waals surface area contributed by atoms with E-state index in [2.05, 4.69) is 16.0 Å². The summed E-state index contributed by atoms with van der Waals surface area (Å²) in [5.74, 6) is 0.816. The summed E-state index contributed by atoms with van der Waals surface area (Å²) >= 11 is 0. The van der Waals surface area contributed by atoms with Crippen LogP contribution in [0.3, 0.4) is 0 Å². The van der Waals surface area contributed by atoms with E-state index in [-0.39, 0.29) is 16.7 Å². The summed E-state index contributed by atoms with van der Waals surface area (Å²) in [5.41, 5.74) is 1.58. The summed E-state index contributed by atoms with van der Waals surface area (Å²) < 4.78 is 33.6. The normalized spacial score (nSPS) is 18.1. The molecule has 3 aromatic rings. The molecule has 1 aromatic heterocycles. The van der Waals surface area contributed by atoms with Crippen LogP contribution in [0.1, 0.15) is 12.8 Å². The Morgan fingerprint density at radius 3 is 2.40 bits per heavy atom. The Bertz CT molecular complexity index is 1310. The summed E-state index contributed by atoms with van der Waals surface area (Å²) in [6.07, 6.45) is 2.68. The summed E-state index contributed by atoms with van der Waals surface area (Å²) in [6, 6.07) is 16.9. The number of hydrogen-bond acceptors (Lipinski definition) is 6. The van der Waals surface area contributed by atoms with Crippen molar-refractivity contribution in [3.05, 3.63) is 60.8 Å². The van der Waals surface area contributed by atoms with Crippen LogP contribution in [-0.2, 0) is 14.8 Å². The molecule has 8 nitrogen and oxygen atoms in total. The lowest BCUT2D eigenvalue weighted by atomic mass is 9.96. The van der Waals surface area contributed by atoms with Crippen molar-refractivity contribution >= 4 is 32.5 Å². The number of nitrogens with zero attached hydrogens (tertiary/aromatic N) is 4. The first-order valence-electron chi connectivity index (χ1n) is 12.0. The van der Waals surface area contributed by atoms with Gasteiger partial charge in [0.05, 0.1) is 12.6 Å². The first-order chi connectivity index (χ1) is 17.0. The lowest BCUT2D eigenvalue weighted by molar-refractivity contribution is -0.137. The predicted octanol–water partition coefficient (Wildman–Crippen LogP) is 2.99. The van der Waals surface area contributed by atoms with Crippen molar-refractivity contribution in [2.45, 2.75) is 17.7 Å². The fourth-order valence-corrected chi connectivity index (χ4v) is 6.65. The van der Waals surface area contributed by atoms with Crippen molar-refractivity contribution in [2.24, 2.45) is 5.92 Å². The molecule has 2 aliphatic heterocycles. The average molecular weight is 495 g/mol. The van der Waals surface area contributed by atoms with Crippen LogP contribution < -0.4 is 9.64 Å². The molecule has 2 saturated heterocycles. The number of amides is 1. The number of carbonyl (C=O) groups excluding carboxylic acids is 1. The molecule has 2 aliphatic rings. The Labute approximate surface area is 206 Å². The first kappa shape index (κ1) is 23.6. The smallest absolute Gasteiger partial charge is 0.245 e. The zero-order chi connectivity index (χ0) is 24.4. The van der Waals surface area contributed by atoms with E-state index in [1.165, 1.54) is 4.31 Å². The molecule has 0 saturated carbocycles. The Balaban J connectivity index is 1.19. The van der Waals surface area contributed by atoms with Crippen molar-refractivity contribution in [1.82, 2.24) is 14.2 Å². The summed E-state index contributed by atoms with van der Waals surface area (Å²) in [5, 5.41) is 0.798. The van der Waals surface area contributed by atoms with Gasteiger partial charge < -0.3 is 14.5 Å². The predicted molar refractivity (Wildman–Crippen MR) is 135 cm³/mol. The molecule has 5 rings (SSSR count). The number of aromatic nitrogens is 1. The molecule has 2 fully saturated rings. The van der Waals surface area contributed by atoms with Crippen molar-refractivity contribution in [3.8, 4) is 5.75 Å². The van der Waals surface area contributed by atoms with Crippen LogP contribution in [0.2, 0.25) is 0 Å². The van der Waals surface area contributed by atoms with Gasteiger partial charge in [0.25, 0.3) is 0 Å². The van der Waals surface area contributed by atoms with E-state index in [0.29, 0.717) is 44.5 Å². The van der Waals surface area contributed by atoms with Crippen molar-refractivity contribution in [3.63, 3.8) is 0 Å². The number of methoxy groups -OCH3 is 1. The molecule has 0 bridgehead atoms. The zero-order valence-corrected chi connectivity index (χ0v) is 20.7. The minimum Gasteiger partial charge on any atom is -0.497 e. The molecule has 2 aromatic carbocycles. The van der Waals surface area contributed by atoms with Gasteiger partial charge >= 0.3 is 0 Å². The lowest BCUT2D eigenvalue weighted by Crippen LogP contribution is -2.52. The van der Waals surface area contributed by atoms with Gasteiger partial charge in [0.1, 0.15) is 10.6 Å². The maximum absolute atomic E-state index is 13.4. The Hall–Kier alpha value is -3.17. The van der Waals surface area contributed by atoms with Gasteiger partial charge in [-0.25, -0.2) is 8.42 Å². The molecular weight excluding hydrogens is 464 g/mol. The fourth-order valence-electron chi connectivity index (χ4n) is 5.02. The molecule has 9 heteroatoms. The quantitative estimate of drug-likeness (QED) is 0.542. The van der Waals surface area contributed by atoms with Gasteiger partial charge in [-0.05, 0) is 37.1 Å². The van der Waals surface area contributed by atoms with Gasteiger partial charge in [0.15, 0.2) is 0 Å². The second-order valence-electron chi connectivity index (χ2n) is 9.02. The van der Waals surface area contributed by atoms with E-state index in [4.69, 9.17) is 4.74 Å². The average Bonchev–Trinajstić information content (AvgIpc) is 2.92. The third-order valence-corrected chi connectivity index (χ3v) is 8.96. The third-order valence-electron chi connectivity index (χ3n) is 7.03. The number of hydrogen-bond donors (Lipinski definition) is 0. The van der Waals surface area contributed by atoms with Crippen LogP contribution in [0.4, 0.5) is 5.69 Å². The first-order valence-corrected chi connectivity index (χ1v) is 13.4. The van der Waals surface area contributed by atoms with E-state index in [0.717, 1.165) is 29.9 Å². The van der Waals surface area contributed by atoms with Gasteiger partial charge in [0, 0.05) is 68.5 Å². The highest BCUT2D eigenvalue weighted by molar-refractivity contribution is 7.89. The number of anilines is 1. The van der Waals surface area contributed by atoms with Gasteiger partial charge in [-0.1, -0.05) is 24.3 Å². The highest BCUT2D eigenvalue weighted by Gasteiger charge is 2.35. The maximum Gasteiger partial charge on any atom is 0.245 e. The Kier molecular flexibility index (Phi) is 6.62. The minimum absolute atomic E-state index is 0.138. The van der Waals surface area contributed by atoms with Gasteiger partial charge in [0.2, 0.25) is 15.9 Å². The molecule has 0 unspecified atom stereocenters. The van der Waals surface area contributed by atoms with Crippen LogP contribution in [0.15, 0.2) is 65.7 Å². The maximum atomic E-state index is 13.4. The van der Waals surface area contributed by atoms with Gasteiger partial charge in [-0.2, -0.15) is 4.31 Å². The zero-order valence-electron chi connectivity index (χ0n) is 19.8. The molecule has 0 atom stereocenters. The number of benzene rings is 2. The van der Waals surface area contributed by atoms with Crippen LogP contribution in [0.25, 0.3) is 10.9 Å². The van der Waals surface area contributed by atoms with Crippen LogP contribution in [0, 0.1) is 5.92 Å². The summed E-state index contributed by atoms with van der Waals surface area (Å²) in [6.45, 7) is 3.53. The Morgan fingerprint density at radius 1 is 0.943 bits per heavy atom. The standard InChI is InChI=1S/C26H30N4O4S/c1-34-23-8-3-7-22(19-23)28-15-17-29(18-16-28)26(31)21-10-13-30(14-11-21)35(32,33)24-9-2-5-20-6-4-12-27-25(20)24/h2-9,12,19,21H,10-11,13-18H2,1H3. The number of piperidine rings is 1. The number of ether oxygens (including phenoxy) is 1. The van der Waals surface area contributed by atoms with Gasteiger partial charge in [-0.3, -0.25) is 9.78 Å². The number of fused-ring (bicyclic) bond motifs is 1. The molecule has 184 valence electrons. The van der Waals surface area contributed by atoms with Crippen molar-refractivity contribution in [1.29, 1.82) is 0 Å².